The molecule has 0 aliphatic heterocycles. The molecule has 1 heterocycles. The lowest BCUT2D eigenvalue weighted by Gasteiger charge is -2.19. The molecule has 7 nitrogen and oxygen atoms in total. The number of hydrogen-bond donors (Lipinski definition) is 2. The standard InChI is InChI=1S/C23H22F3N3O4/c1-22(2,31)13-28-21(30)19-10-15-8-14(11-27)4-6-18(15)29(19)12-16-9-17(33-23(24,25)26)5-7-20(16)32-3/h4-10,31H,12-13H2,1-3H3,(H,28,30). The Bertz CT molecular complexity index is 1220. The topological polar surface area (TPSA) is 96.5 Å². The van der Waals surface area contributed by atoms with Gasteiger partial charge in [0, 0.05) is 23.0 Å². The molecular weight excluding hydrogens is 439 g/mol. The second kappa shape index (κ2) is 9.03. The average Bonchev–Trinajstić information content (AvgIpc) is 3.08. The number of alkyl halides is 3. The molecule has 0 radical (unpaired) electrons. The van der Waals surface area contributed by atoms with Crippen LogP contribution in [0.4, 0.5) is 13.2 Å². The zero-order valence-corrected chi connectivity index (χ0v) is 18.2. The molecular formula is C23H22F3N3O4. The molecule has 3 rings (SSSR count). The second-order valence-electron chi connectivity index (χ2n) is 8.02. The lowest BCUT2D eigenvalue weighted by atomic mass is 10.1. The van der Waals surface area contributed by atoms with Crippen molar-refractivity contribution >= 4 is 16.8 Å². The number of benzene rings is 2. The summed E-state index contributed by atoms with van der Waals surface area (Å²) in [6, 6.07) is 12.1. The zero-order chi connectivity index (χ0) is 24.4. The molecule has 33 heavy (non-hydrogen) atoms. The minimum atomic E-state index is -4.86. The van der Waals surface area contributed by atoms with Gasteiger partial charge in [-0.25, -0.2) is 0 Å². The molecule has 1 aromatic heterocycles. The maximum atomic E-state index is 12.9. The number of rotatable bonds is 7. The molecule has 0 bridgehead atoms. The SMILES string of the molecule is COc1ccc(OC(F)(F)F)cc1Cn1c(C(=O)NCC(C)(C)O)cc2cc(C#N)ccc21. The van der Waals surface area contributed by atoms with E-state index >= 15 is 0 Å². The number of fused-ring (bicyclic) bond motifs is 1. The number of carbonyl (C=O) groups is 1. The molecule has 0 unspecified atom stereocenters. The fourth-order valence-corrected chi connectivity index (χ4v) is 3.33. The number of hydrogen-bond acceptors (Lipinski definition) is 5. The molecule has 2 N–H and O–H groups in total. The summed E-state index contributed by atoms with van der Waals surface area (Å²) in [6.45, 7) is 3.05. The first-order valence-corrected chi connectivity index (χ1v) is 9.87. The summed E-state index contributed by atoms with van der Waals surface area (Å²) in [6.07, 6.45) is -4.86. The summed E-state index contributed by atoms with van der Waals surface area (Å²) in [7, 11) is 1.38. The van der Waals surface area contributed by atoms with Crippen molar-refractivity contribution in [1.29, 1.82) is 5.26 Å². The van der Waals surface area contributed by atoms with Crippen molar-refractivity contribution in [3.05, 3.63) is 59.3 Å². The number of aromatic nitrogens is 1. The van der Waals surface area contributed by atoms with Crippen molar-refractivity contribution in [2.24, 2.45) is 0 Å². The quantitative estimate of drug-likeness (QED) is 0.555. The number of halogens is 3. The molecule has 174 valence electrons. The van der Waals surface area contributed by atoms with Crippen molar-refractivity contribution in [2.75, 3.05) is 13.7 Å². The van der Waals surface area contributed by atoms with Crippen LogP contribution in [0.1, 0.15) is 35.5 Å². The van der Waals surface area contributed by atoms with Gasteiger partial charge in [0.25, 0.3) is 5.91 Å². The fraction of sp³-hybridized carbons (Fsp3) is 0.304. The number of nitriles is 1. The van der Waals surface area contributed by atoms with Crippen molar-refractivity contribution in [3.63, 3.8) is 0 Å². The molecule has 0 aliphatic rings. The maximum Gasteiger partial charge on any atom is 0.573 e. The normalized spacial score (nSPS) is 11.8. The third-order valence-electron chi connectivity index (χ3n) is 4.76. The van der Waals surface area contributed by atoms with Crippen molar-refractivity contribution in [3.8, 4) is 17.6 Å². The van der Waals surface area contributed by atoms with Gasteiger partial charge in [-0.15, -0.1) is 13.2 Å². The number of nitrogens with zero attached hydrogens (tertiary/aromatic N) is 2. The summed E-state index contributed by atoms with van der Waals surface area (Å²) in [5.74, 6) is -0.606. The molecule has 0 saturated carbocycles. The van der Waals surface area contributed by atoms with Crippen LogP contribution in [0.2, 0.25) is 0 Å². The fourth-order valence-electron chi connectivity index (χ4n) is 3.33. The van der Waals surface area contributed by atoms with Gasteiger partial charge in [0.15, 0.2) is 0 Å². The number of ether oxygens (including phenoxy) is 2. The molecule has 0 atom stereocenters. The largest absolute Gasteiger partial charge is 0.573 e. The van der Waals surface area contributed by atoms with Gasteiger partial charge >= 0.3 is 6.36 Å². The first kappa shape index (κ1) is 23.9. The Labute approximate surface area is 187 Å². The van der Waals surface area contributed by atoms with Crippen LogP contribution in [-0.2, 0) is 6.54 Å². The molecule has 10 heteroatoms. The summed E-state index contributed by atoms with van der Waals surface area (Å²) in [5, 5.41) is 22.4. The highest BCUT2D eigenvalue weighted by atomic mass is 19.4. The summed E-state index contributed by atoms with van der Waals surface area (Å²) >= 11 is 0. The van der Waals surface area contributed by atoms with Gasteiger partial charge in [0.2, 0.25) is 0 Å². The smallest absolute Gasteiger partial charge is 0.496 e. The van der Waals surface area contributed by atoms with Gasteiger partial charge < -0.3 is 24.5 Å². The third kappa shape index (κ3) is 5.96. The zero-order valence-electron chi connectivity index (χ0n) is 18.2. The van der Waals surface area contributed by atoms with Gasteiger partial charge in [-0.2, -0.15) is 5.26 Å². The Morgan fingerprint density at radius 1 is 1.18 bits per heavy atom. The Balaban J connectivity index is 2.08. The van der Waals surface area contributed by atoms with E-state index in [4.69, 9.17) is 4.74 Å². The monoisotopic (exact) mass is 461 g/mol. The summed E-state index contributed by atoms with van der Waals surface area (Å²) in [4.78, 5) is 12.9. The van der Waals surface area contributed by atoms with Crippen LogP contribution in [-0.4, -0.2) is 41.2 Å². The van der Waals surface area contributed by atoms with E-state index in [9.17, 15) is 28.3 Å². The average molecular weight is 461 g/mol. The predicted octanol–water partition coefficient (Wildman–Crippen LogP) is 3.97. The number of amides is 1. The number of carbonyl (C=O) groups excluding carboxylic acids is 1. The molecule has 0 saturated heterocycles. The van der Waals surface area contributed by atoms with Crippen molar-refractivity contribution in [2.45, 2.75) is 32.4 Å². The maximum absolute atomic E-state index is 12.9. The van der Waals surface area contributed by atoms with E-state index in [1.165, 1.54) is 19.2 Å². The van der Waals surface area contributed by atoms with E-state index in [-0.39, 0.29) is 18.8 Å². The second-order valence-corrected chi connectivity index (χ2v) is 8.02. The first-order chi connectivity index (χ1) is 15.4. The summed E-state index contributed by atoms with van der Waals surface area (Å²) < 4.78 is 49.0. The van der Waals surface area contributed by atoms with E-state index in [0.29, 0.717) is 27.8 Å². The van der Waals surface area contributed by atoms with E-state index < -0.39 is 23.6 Å². The minimum Gasteiger partial charge on any atom is -0.496 e. The number of methoxy groups -OCH3 is 1. The highest BCUT2D eigenvalue weighted by molar-refractivity contribution is 5.99. The van der Waals surface area contributed by atoms with Crippen molar-refractivity contribution in [1.82, 2.24) is 9.88 Å². The third-order valence-corrected chi connectivity index (χ3v) is 4.76. The van der Waals surface area contributed by atoms with Crippen LogP contribution in [0.25, 0.3) is 10.9 Å². The van der Waals surface area contributed by atoms with Gasteiger partial charge in [-0.1, -0.05) is 0 Å². The Morgan fingerprint density at radius 2 is 1.91 bits per heavy atom. The van der Waals surface area contributed by atoms with Crippen LogP contribution < -0.4 is 14.8 Å². The van der Waals surface area contributed by atoms with Gasteiger partial charge in [-0.05, 0) is 56.3 Å². The van der Waals surface area contributed by atoms with Crippen molar-refractivity contribution < 1.29 is 32.5 Å². The van der Waals surface area contributed by atoms with Crippen LogP contribution in [0.15, 0.2) is 42.5 Å². The first-order valence-electron chi connectivity index (χ1n) is 9.87. The highest BCUT2D eigenvalue weighted by Gasteiger charge is 2.31. The molecule has 1 amide bonds. The van der Waals surface area contributed by atoms with Gasteiger partial charge in [0.1, 0.15) is 17.2 Å². The molecule has 0 aliphatic carbocycles. The lowest BCUT2D eigenvalue weighted by Crippen LogP contribution is -2.38. The molecule has 2 aromatic carbocycles. The molecule has 0 fully saturated rings. The van der Waals surface area contributed by atoms with E-state index in [0.717, 1.165) is 6.07 Å². The van der Waals surface area contributed by atoms with Crippen LogP contribution >= 0.6 is 0 Å². The highest BCUT2D eigenvalue weighted by Crippen LogP contribution is 2.31. The van der Waals surface area contributed by atoms with Crippen LogP contribution in [0.5, 0.6) is 11.5 Å². The Kier molecular flexibility index (Phi) is 6.56. The molecule has 3 aromatic rings. The summed E-state index contributed by atoms with van der Waals surface area (Å²) in [5.41, 5.74) is 0.381. The lowest BCUT2D eigenvalue weighted by molar-refractivity contribution is -0.274. The Hall–Kier alpha value is -3.71. The van der Waals surface area contributed by atoms with Gasteiger partial charge in [-0.3, -0.25) is 4.79 Å². The van der Waals surface area contributed by atoms with Gasteiger partial charge in [0.05, 0.1) is 30.9 Å². The molecule has 0 spiro atoms. The van der Waals surface area contributed by atoms with E-state index in [1.807, 2.05) is 6.07 Å². The minimum absolute atomic E-state index is 0.0150. The predicted molar refractivity (Wildman–Crippen MR) is 114 cm³/mol. The number of nitrogens with one attached hydrogen (secondary N) is 1. The number of aliphatic hydroxyl groups is 1. The van der Waals surface area contributed by atoms with Crippen LogP contribution in [0.3, 0.4) is 0 Å². The van der Waals surface area contributed by atoms with E-state index in [2.05, 4.69) is 10.1 Å². The van der Waals surface area contributed by atoms with Crippen LogP contribution in [0, 0.1) is 11.3 Å². The Morgan fingerprint density at radius 3 is 2.52 bits per heavy atom. The van der Waals surface area contributed by atoms with E-state index in [1.54, 1.807) is 42.7 Å².